The van der Waals surface area contributed by atoms with E-state index in [0.717, 1.165) is 12.8 Å². The Kier molecular flexibility index (Phi) is 7.25. The zero-order valence-electron chi connectivity index (χ0n) is 8.49. The van der Waals surface area contributed by atoms with Gasteiger partial charge in [0.25, 0.3) is 0 Å². The van der Waals surface area contributed by atoms with E-state index >= 15 is 0 Å². The number of rotatable bonds is 8. The van der Waals surface area contributed by atoms with Gasteiger partial charge in [0.05, 0.1) is 19.4 Å². The summed E-state index contributed by atoms with van der Waals surface area (Å²) < 4.78 is 22.0. The predicted octanol–water partition coefficient (Wildman–Crippen LogP) is 3.22. The van der Waals surface area contributed by atoms with E-state index in [4.69, 9.17) is 9.05 Å². The van der Waals surface area contributed by atoms with Gasteiger partial charge in [-0.2, -0.15) is 0 Å². The molecule has 0 spiro atoms. The van der Waals surface area contributed by atoms with Crippen molar-refractivity contribution >= 4 is 7.60 Å². The summed E-state index contributed by atoms with van der Waals surface area (Å²) in [4.78, 5) is 0. The molecule has 0 aromatic heterocycles. The summed E-state index contributed by atoms with van der Waals surface area (Å²) in [7, 11) is -2.80. The summed E-state index contributed by atoms with van der Waals surface area (Å²) in [6, 6.07) is 0. The number of allylic oxidation sites excluding steroid dienone is 1. The second kappa shape index (κ2) is 7.31. The van der Waals surface area contributed by atoms with Crippen molar-refractivity contribution in [2.24, 2.45) is 0 Å². The van der Waals surface area contributed by atoms with Crippen LogP contribution in [0.2, 0.25) is 0 Å². The Bertz CT molecular complexity index is 170. The lowest BCUT2D eigenvalue weighted by Gasteiger charge is -2.16. The van der Waals surface area contributed by atoms with Crippen molar-refractivity contribution in [3.05, 3.63) is 12.7 Å². The smallest absolute Gasteiger partial charge is 0.309 e. The van der Waals surface area contributed by atoms with Crippen LogP contribution in [0.15, 0.2) is 12.7 Å². The summed E-state index contributed by atoms with van der Waals surface area (Å²) in [6.07, 6.45) is 3.95. The van der Waals surface area contributed by atoms with Gasteiger partial charge >= 0.3 is 7.60 Å². The molecule has 78 valence electrons. The Morgan fingerprint density at radius 2 is 1.85 bits per heavy atom. The van der Waals surface area contributed by atoms with Gasteiger partial charge in [-0.05, 0) is 26.7 Å². The van der Waals surface area contributed by atoms with Gasteiger partial charge < -0.3 is 9.05 Å². The Labute approximate surface area is 80.7 Å². The first-order valence-corrected chi connectivity index (χ1v) is 6.40. The highest BCUT2D eigenvalue weighted by atomic mass is 31.2. The standard InChI is InChI=1S/C9H19O3P/c1-4-7-8-9-13(10,11-5-2)12-6-3/h4H,1,5-9H2,2-3H3. The normalized spacial score (nSPS) is 11.5. The number of unbranched alkanes of at least 4 members (excludes halogenated alkanes) is 1. The largest absolute Gasteiger partial charge is 0.330 e. The van der Waals surface area contributed by atoms with Gasteiger partial charge in [-0.25, -0.2) is 0 Å². The van der Waals surface area contributed by atoms with Gasteiger partial charge in [0.2, 0.25) is 0 Å². The predicted molar refractivity (Wildman–Crippen MR) is 55.2 cm³/mol. The Balaban J connectivity index is 3.91. The fourth-order valence-electron chi connectivity index (χ4n) is 0.989. The first-order valence-electron chi connectivity index (χ1n) is 4.67. The van der Waals surface area contributed by atoms with Crippen LogP contribution in [0, 0.1) is 0 Å². The lowest BCUT2D eigenvalue weighted by atomic mass is 10.3. The molecule has 0 heterocycles. The fraction of sp³-hybridized carbons (Fsp3) is 0.778. The molecular weight excluding hydrogens is 187 g/mol. The Morgan fingerprint density at radius 1 is 1.31 bits per heavy atom. The monoisotopic (exact) mass is 206 g/mol. The van der Waals surface area contributed by atoms with E-state index in [1.165, 1.54) is 0 Å². The molecule has 0 N–H and O–H groups in total. The summed E-state index contributed by atoms with van der Waals surface area (Å²) in [5.74, 6) is 0. The van der Waals surface area contributed by atoms with Crippen LogP contribution in [0.3, 0.4) is 0 Å². The zero-order valence-corrected chi connectivity index (χ0v) is 9.39. The molecule has 3 nitrogen and oxygen atoms in total. The maximum absolute atomic E-state index is 11.8. The van der Waals surface area contributed by atoms with E-state index in [9.17, 15) is 4.57 Å². The van der Waals surface area contributed by atoms with Gasteiger partial charge in [0, 0.05) is 0 Å². The molecule has 0 bridgehead atoms. The van der Waals surface area contributed by atoms with Gasteiger partial charge in [0.15, 0.2) is 0 Å². The first-order chi connectivity index (χ1) is 6.18. The molecular formula is C9H19O3P. The van der Waals surface area contributed by atoms with Gasteiger partial charge in [0.1, 0.15) is 0 Å². The van der Waals surface area contributed by atoms with E-state index in [1.54, 1.807) is 0 Å². The second-order valence-corrected chi connectivity index (χ2v) is 4.79. The van der Waals surface area contributed by atoms with Crippen LogP contribution in [0.25, 0.3) is 0 Å². The molecule has 0 rings (SSSR count). The van der Waals surface area contributed by atoms with Crippen molar-refractivity contribution in [2.45, 2.75) is 26.7 Å². The Hall–Kier alpha value is -0.110. The minimum absolute atomic E-state index is 0.436. The molecule has 0 aliphatic carbocycles. The lowest BCUT2D eigenvalue weighted by Crippen LogP contribution is -1.99. The second-order valence-electron chi connectivity index (χ2n) is 2.60. The summed E-state index contributed by atoms with van der Waals surface area (Å²) in [5, 5.41) is 0. The van der Waals surface area contributed by atoms with Crippen molar-refractivity contribution in [1.29, 1.82) is 0 Å². The molecule has 4 heteroatoms. The number of hydrogen-bond acceptors (Lipinski definition) is 3. The van der Waals surface area contributed by atoms with Crippen LogP contribution < -0.4 is 0 Å². The lowest BCUT2D eigenvalue weighted by molar-refractivity contribution is 0.220. The van der Waals surface area contributed by atoms with Crippen molar-refractivity contribution < 1.29 is 13.6 Å². The first kappa shape index (κ1) is 12.9. The third-order valence-electron chi connectivity index (χ3n) is 1.49. The molecule has 0 radical (unpaired) electrons. The van der Waals surface area contributed by atoms with Crippen molar-refractivity contribution in [1.82, 2.24) is 0 Å². The SMILES string of the molecule is C=CCCCP(=O)(OCC)OCC. The third-order valence-corrected chi connectivity index (χ3v) is 3.66. The molecule has 0 aliphatic heterocycles. The van der Waals surface area contributed by atoms with Crippen molar-refractivity contribution in [3.8, 4) is 0 Å². The summed E-state index contributed by atoms with van der Waals surface area (Å²) in [5.41, 5.74) is 0. The molecule has 0 amide bonds. The van der Waals surface area contributed by atoms with Crippen LogP contribution in [0.5, 0.6) is 0 Å². The van der Waals surface area contributed by atoms with E-state index in [-0.39, 0.29) is 0 Å². The molecule has 13 heavy (non-hydrogen) atoms. The van der Waals surface area contributed by atoms with Crippen LogP contribution in [0.4, 0.5) is 0 Å². The molecule has 0 atom stereocenters. The topological polar surface area (TPSA) is 35.5 Å². The highest BCUT2D eigenvalue weighted by Crippen LogP contribution is 2.48. The maximum Gasteiger partial charge on any atom is 0.330 e. The average Bonchev–Trinajstić information content (AvgIpc) is 2.05. The number of hydrogen-bond donors (Lipinski definition) is 0. The van der Waals surface area contributed by atoms with Crippen LogP contribution in [-0.2, 0) is 13.6 Å². The summed E-state index contributed by atoms with van der Waals surface area (Å²) in [6.45, 7) is 8.11. The van der Waals surface area contributed by atoms with E-state index < -0.39 is 7.60 Å². The molecule has 0 fully saturated rings. The highest BCUT2D eigenvalue weighted by molar-refractivity contribution is 7.53. The van der Waals surface area contributed by atoms with Crippen LogP contribution >= 0.6 is 7.60 Å². The molecule has 0 aliphatic rings. The zero-order chi connectivity index (χ0) is 10.2. The highest BCUT2D eigenvalue weighted by Gasteiger charge is 2.21. The van der Waals surface area contributed by atoms with E-state index in [0.29, 0.717) is 19.4 Å². The fourth-order valence-corrected chi connectivity index (χ4v) is 2.68. The van der Waals surface area contributed by atoms with Gasteiger partial charge in [-0.1, -0.05) is 6.08 Å². The maximum atomic E-state index is 11.8. The quantitative estimate of drug-likeness (QED) is 0.347. The summed E-state index contributed by atoms with van der Waals surface area (Å²) >= 11 is 0. The van der Waals surface area contributed by atoms with Crippen molar-refractivity contribution in [3.63, 3.8) is 0 Å². The third kappa shape index (κ3) is 6.03. The minimum Gasteiger partial charge on any atom is -0.309 e. The van der Waals surface area contributed by atoms with Gasteiger partial charge in [-0.15, -0.1) is 6.58 Å². The molecule has 0 aromatic carbocycles. The molecule has 0 unspecified atom stereocenters. The van der Waals surface area contributed by atoms with E-state index in [1.807, 2.05) is 19.9 Å². The molecule has 0 saturated carbocycles. The molecule has 0 saturated heterocycles. The minimum atomic E-state index is -2.80. The van der Waals surface area contributed by atoms with Gasteiger partial charge in [-0.3, -0.25) is 4.57 Å². The Morgan fingerprint density at radius 3 is 2.23 bits per heavy atom. The van der Waals surface area contributed by atoms with Crippen LogP contribution in [0.1, 0.15) is 26.7 Å². The van der Waals surface area contributed by atoms with Crippen LogP contribution in [-0.4, -0.2) is 19.4 Å². The average molecular weight is 206 g/mol. The van der Waals surface area contributed by atoms with E-state index in [2.05, 4.69) is 6.58 Å². The van der Waals surface area contributed by atoms with Crippen molar-refractivity contribution in [2.75, 3.05) is 19.4 Å². The molecule has 0 aromatic rings.